The van der Waals surface area contributed by atoms with Crippen LogP contribution in [0.15, 0.2) is 29.4 Å². The van der Waals surface area contributed by atoms with Gasteiger partial charge in [-0.1, -0.05) is 20.8 Å². The third kappa shape index (κ3) is 2.54. The number of benzene rings is 1. The van der Waals surface area contributed by atoms with Crippen LogP contribution in [0.4, 0.5) is 11.4 Å². The molecule has 0 aromatic heterocycles. The molecule has 0 spiro atoms. The van der Waals surface area contributed by atoms with Crippen molar-refractivity contribution in [3.63, 3.8) is 0 Å². The van der Waals surface area contributed by atoms with Gasteiger partial charge in [0.1, 0.15) is 5.78 Å². The smallest absolute Gasteiger partial charge is 0.307 e. The van der Waals surface area contributed by atoms with Crippen molar-refractivity contribution in [3.05, 3.63) is 34.4 Å². The largest absolute Gasteiger partial charge is 0.481 e. The summed E-state index contributed by atoms with van der Waals surface area (Å²) in [7, 11) is 0. The number of nitrogens with one attached hydrogen (secondary N) is 1. The summed E-state index contributed by atoms with van der Waals surface area (Å²) in [6.45, 7) is 5.81. The first-order valence-electron chi connectivity index (χ1n) is 9.97. The third-order valence-electron chi connectivity index (χ3n) is 7.94. The lowest BCUT2D eigenvalue weighted by molar-refractivity contribution is -0.384. The second-order valence-corrected chi connectivity index (χ2v) is 9.01. The first kappa shape index (κ1) is 19.5. The van der Waals surface area contributed by atoms with E-state index in [2.05, 4.69) is 17.5 Å². The van der Waals surface area contributed by atoms with Gasteiger partial charge >= 0.3 is 5.97 Å². The SMILES string of the molecule is C[C@H]1/C(=N/Nc2ccc([N+](=O)[O-])cc2)C[C@H]2[C@@]3(C)CC[C@@]2([C@@H](C)C(=O)O)C(=O)[C@@H]13. The topological polar surface area (TPSA) is 122 Å². The second kappa shape index (κ2) is 6.37. The van der Waals surface area contributed by atoms with Crippen molar-refractivity contribution in [2.24, 2.45) is 39.6 Å². The molecule has 0 amide bonds. The van der Waals surface area contributed by atoms with E-state index in [0.29, 0.717) is 18.5 Å². The number of nitrogens with zero attached hydrogens (tertiary/aromatic N) is 2. The van der Waals surface area contributed by atoms with E-state index in [4.69, 9.17) is 0 Å². The van der Waals surface area contributed by atoms with Gasteiger partial charge in [-0.05, 0) is 42.7 Å². The fourth-order valence-corrected chi connectivity index (χ4v) is 6.36. The van der Waals surface area contributed by atoms with Crippen LogP contribution in [0.2, 0.25) is 0 Å². The molecule has 8 heteroatoms. The van der Waals surface area contributed by atoms with Gasteiger partial charge in [-0.25, -0.2) is 0 Å². The van der Waals surface area contributed by atoms with E-state index in [1.54, 1.807) is 19.1 Å². The van der Waals surface area contributed by atoms with E-state index >= 15 is 0 Å². The van der Waals surface area contributed by atoms with Crippen LogP contribution in [0.3, 0.4) is 0 Å². The number of anilines is 1. The molecule has 3 aliphatic rings. The van der Waals surface area contributed by atoms with E-state index in [9.17, 15) is 24.8 Å². The van der Waals surface area contributed by atoms with Crippen LogP contribution in [0.1, 0.15) is 40.0 Å². The Bertz CT molecular complexity index is 927. The minimum Gasteiger partial charge on any atom is -0.481 e. The van der Waals surface area contributed by atoms with E-state index in [1.807, 2.05) is 6.92 Å². The number of Topliss-reactive ketones (excluding diaryl/α,β-unsaturated/α-hetero) is 1. The van der Waals surface area contributed by atoms with E-state index in [1.165, 1.54) is 12.1 Å². The van der Waals surface area contributed by atoms with Gasteiger partial charge in [-0.2, -0.15) is 5.10 Å². The standard InChI is InChI=1S/C21H25N3O5/c1-11-15(23-22-13-4-6-14(7-5-13)24(28)29)10-16-20(3)8-9-21(16,12(2)19(26)27)18(25)17(11)20/h4-7,11-12,16-17,22H,8-10H2,1-3H3,(H,26,27)/b23-15+/t11-,12-,16-,17+,20+,21-/m0/s1. The fraction of sp³-hybridized carbons (Fsp3) is 0.571. The summed E-state index contributed by atoms with van der Waals surface area (Å²) in [6, 6.07) is 6.00. The van der Waals surface area contributed by atoms with Crippen molar-refractivity contribution in [2.45, 2.75) is 40.0 Å². The predicted molar refractivity (Wildman–Crippen MR) is 106 cm³/mol. The number of rotatable bonds is 5. The Morgan fingerprint density at radius 2 is 2.00 bits per heavy atom. The molecule has 6 atom stereocenters. The highest BCUT2D eigenvalue weighted by Crippen LogP contribution is 2.73. The number of hydrogen-bond donors (Lipinski definition) is 2. The van der Waals surface area contributed by atoms with Gasteiger partial charge in [0.25, 0.3) is 5.69 Å². The van der Waals surface area contributed by atoms with Crippen LogP contribution in [0, 0.1) is 44.6 Å². The summed E-state index contributed by atoms with van der Waals surface area (Å²) >= 11 is 0. The van der Waals surface area contributed by atoms with Crippen LogP contribution in [-0.4, -0.2) is 27.5 Å². The Hall–Kier alpha value is -2.77. The van der Waals surface area contributed by atoms with Gasteiger partial charge < -0.3 is 5.11 Å². The van der Waals surface area contributed by atoms with Crippen molar-refractivity contribution < 1.29 is 19.6 Å². The van der Waals surface area contributed by atoms with Crippen LogP contribution >= 0.6 is 0 Å². The molecule has 0 unspecified atom stereocenters. The summed E-state index contributed by atoms with van der Waals surface area (Å²) < 4.78 is 0. The number of nitro benzene ring substituents is 1. The molecule has 2 N–H and O–H groups in total. The average Bonchev–Trinajstić information content (AvgIpc) is 3.03. The summed E-state index contributed by atoms with van der Waals surface area (Å²) in [5.41, 5.74) is 3.48. The number of carboxylic acid groups (broad SMARTS) is 1. The first-order chi connectivity index (χ1) is 13.6. The lowest BCUT2D eigenvalue weighted by Gasteiger charge is -2.42. The minimum absolute atomic E-state index is 0.00646. The maximum absolute atomic E-state index is 13.5. The van der Waals surface area contributed by atoms with Gasteiger partial charge in [-0.15, -0.1) is 0 Å². The van der Waals surface area contributed by atoms with Crippen molar-refractivity contribution in [2.75, 3.05) is 5.43 Å². The quantitative estimate of drug-likeness (QED) is 0.575. The fourth-order valence-electron chi connectivity index (χ4n) is 6.36. The molecule has 0 aliphatic heterocycles. The lowest BCUT2D eigenvalue weighted by atomic mass is 9.61. The van der Waals surface area contributed by atoms with Gasteiger partial charge in [0.05, 0.1) is 16.5 Å². The van der Waals surface area contributed by atoms with Crippen LogP contribution in [-0.2, 0) is 9.59 Å². The van der Waals surface area contributed by atoms with Crippen LogP contribution in [0.25, 0.3) is 0 Å². The van der Waals surface area contributed by atoms with Crippen molar-refractivity contribution >= 4 is 28.8 Å². The summed E-state index contributed by atoms with van der Waals surface area (Å²) in [4.78, 5) is 35.6. The average molecular weight is 399 g/mol. The van der Waals surface area contributed by atoms with Gasteiger partial charge in [0.15, 0.2) is 0 Å². The summed E-state index contributed by atoms with van der Waals surface area (Å²) in [6.07, 6.45) is 2.10. The molecule has 0 heterocycles. The minimum atomic E-state index is -0.912. The number of nitro groups is 1. The van der Waals surface area contributed by atoms with Crippen LogP contribution in [0.5, 0.6) is 0 Å². The zero-order valence-electron chi connectivity index (χ0n) is 16.7. The molecular formula is C21H25N3O5. The van der Waals surface area contributed by atoms with Crippen molar-refractivity contribution in [3.8, 4) is 0 Å². The van der Waals surface area contributed by atoms with Crippen molar-refractivity contribution in [1.82, 2.24) is 0 Å². The highest BCUT2D eigenvalue weighted by molar-refractivity contribution is 6.03. The Morgan fingerprint density at radius 3 is 2.59 bits per heavy atom. The first-order valence-corrected chi connectivity index (χ1v) is 9.97. The Kier molecular flexibility index (Phi) is 4.29. The molecule has 3 fully saturated rings. The molecule has 3 aliphatic carbocycles. The van der Waals surface area contributed by atoms with Crippen molar-refractivity contribution in [1.29, 1.82) is 0 Å². The van der Waals surface area contributed by atoms with E-state index in [-0.39, 0.29) is 34.6 Å². The second-order valence-electron chi connectivity index (χ2n) is 9.01. The van der Waals surface area contributed by atoms with E-state index in [0.717, 1.165) is 12.1 Å². The zero-order valence-corrected chi connectivity index (χ0v) is 16.7. The molecule has 4 rings (SSSR count). The maximum Gasteiger partial charge on any atom is 0.307 e. The molecule has 8 nitrogen and oxygen atoms in total. The molecular weight excluding hydrogens is 374 g/mol. The highest BCUT2D eigenvalue weighted by Gasteiger charge is 2.75. The Morgan fingerprint density at radius 1 is 1.34 bits per heavy atom. The highest BCUT2D eigenvalue weighted by atomic mass is 16.6. The van der Waals surface area contributed by atoms with Gasteiger partial charge in [-0.3, -0.25) is 25.1 Å². The number of carboxylic acids is 1. The molecule has 0 radical (unpaired) electrons. The molecule has 1 aromatic carbocycles. The summed E-state index contributed by atoms with van der Waals surface area (Å²) in [5.74, 6) is -1.83. The zero-order chi connectivity index (χ0) is 21.1. The Labute approximate surface area is 168 Å². The number of non-ortho nitro benzene ring substituents is 1. The third-order valence-corrected chi connectivity index (χ3v) is 7.94. The molecule has 29 heavy (non-hydrogen) atoms. The van der Waals surface area contributed by atoms with Crippen LogP contribution < -0.4 is 5.43 Å². The number of carbonyl (C=O) groups excluding carboxylic acids is 1. The number of hydrazone groups is 1. The molecule has 154 valence electrons. The molecule has 4 bridgehead atoms. The number of hydrogen-bond acceptors (Lipinski definition) is 6. The molecule has 3 saturated carbocycles. The van der Waals surface area contributed by atoms with E-state index < -0.39 is 22.2 Å². The number of aliphatic carboxylic acids is 1. The normalized spacial score (nSPS) is 37.6. The lowest BCUT2D eigenvalue weighted by Crippen LogP contribution is -2.43. The number of ketones is 1. The van der Waals surface area contributed by atoms with Gasteiger partial charge in [0, 0.05) is 35.1 Å². The predicted octanol–water partition coefficient (Wildman–Crippen LogP) is 3.72. The maximum atomic E-state index is 13.5. The molecule has 0 saturated heterocycles. The monoisotopic (exact) mass is 399 g/mol. The summed E-state index contributed by atoms with van der Waals surface area (Å²) in [5, 5.41) is 25.0. The Balaban J connectivity index is 1.63. The van der Waals surface area contributed by atoms with Gasteiger partial charge in [0.2, 0.25) is 0 Å². The molecule has 1 aromatic rings. The number of carbonyl (C=O) groups is 2.